The number of hydrogen-bond acceptors (Lipinski definition) is 4. The first-order valence-corrected chi connectivity index (χ1v) is 17.0. The molecule has 1 rings (SSSR count). The molecule has 39 heavy (non-hydrogen) atoms. The molecule has 0 saturated heterocycles. The van der Waals surface area contributed by atoms with E-state index in [2.05, 4.69) is 26.1 Å². The molecule has 3 N–H and O–H groups in total. The van der Waals surface area contributed by atoms with E-state index in [1.54, 1.807) is 0 Å². The van der Waals surface area contributed by atoms with Gasteiger partial charge < -0.3 is 19.8 Å². The third-order valence-electron chi connectivity index (χ3n) is 6.92. The lowest BCUT2D eigenvalue weighted by Gasteiger charge is -2.19. The van der Waals surface area contributed by atoms with Gasteiger partial charge in [0, 0.05) is 6.42 Å². The number of rotatable bonds is 24. The summed E-state index contributed by atoms with van der Waals surface area (Å²) in [4.78, 5) is 43.8. The number of Topliss-reactive ketones (excluding diaryl/α,β-unsaturated/α-hetero) is 1. The van der Waals surface area contributed by atoms with E-state index in [9.17, 15) is 23.9 Å². The van der Waals surface area contributed by atoms with E-state index in [0.717, 1.165) is 37.0 Å². The Balaban J connectivity index is 2.39. The third-order valence-corrected chi connectivity index (χ3v) is 7.64. The fourth-order valence-electron chi connectivity index (χ4n) is 4.50. The van der Waals surface area contributed by atoms with Gasteiger partial charge in [-0.15, -0.1) is 0 Å². The minimum atomic E-state index is -4.52. The first-order valence-electron chi connectivity index (χ1n) is 15.2. The van der Waals surface area contributed by atoms with Crippen LogP contribution in [0.1, 0.15) is 123 Å². The second-order valence-corrected chi connectivity index (χ2v) is 12.9. The van der Waals surface area contributed by atoms with Gasteiger partial charge in [-0.1, -0.05) is 110 Å². The SMILES string of the molecule is CCCCCCCCCCCCCCCC(=O)N[C@H](Cc1ccc(OCCC(C)C)cc1)C(=O)CP(=O)(O)O. The number of ketones is 1. The van der Waals surface area contributed by atoms with Crippen molar-refractivity contribution in [1.82, 2.24) is 5.32 Å². The van der Waals surface area contributed by atoms with Crippen LogP contribution in [0.4, 0.5) is 0 Å². The highest BCUT2D eigenvalue weighted by Gasteiger charge is 2.27. The third kappa shape index (κ3) is 19.9. The normalized spacial score (nSPS) is 12.5. The van der Waals surface area contributed by atoms with Crippen LogP contribution in [-0.4, -0.2) is 40.3 Å². The van der Waals surface area contributed by atoms with Crippen molar-refractivity contribution in [3.05, 3.63) is 29.8 Å². The number of nitrogens with one attached hydrogen (secondary N) is 1. The second kappa shape index (κ2) is 21.1. The van der Waals surface area contributed by atoms with E-state index in [0.29, 0.717) is 18.9 Å². The number of benzene rings is 1. The largest absolute Gasteiger partial charge is 0.494 e. The highest BCUT2D eigenvalue weighted by atomic mass is 31.2. The number of carbonyl (C=O) groups is 2. The highest BCUT2D eigenvalue weighted by Crippen LogP contribution is 2.34. The Morgan fingerprint density at radius 1 is 0.846 bits per heavy atom. The molecule has 0 aliphatic carbocycles. The number of carbonyl (C=O) groups excluding carboxylic acids is 2. The van der Waals surface area contributed by atoms with Crippen molar-refractivity contribution in [1.29, 1.82) is 0 Å². The summed E-state index contributed by atoms with van der Waals surface area (Å²) in [6.45, 7) is 7.13. The summed E-state index contributed by atoms with van der Waals surface area (Å²) >= 11 is 0. The predicted octanol–water partition coefficient (Wildman–Crippen LogP) is 7.37. The van der Waals surface area contributed by atoms with Crippen LogP contribution in [0.25, 0.3) is 0 Å². The van der Waals surface area contributed by atoms with E-state index >= 15 is 0 Å². The maximum atomic E-state index is 12.6. The molecule has 0 spiro atoms. The Labute approximate surface area is 237 Å². The average Bonchev–Trinajstić information content (AvgIpc) is 2.86. The topological polar surface area (TPSA) is 113 Å². The summed E-state index contributed by atoms with van der Waals surface area (Å²) in [5, 5.41) is 2.73. The zero-order valence-electron chi connectivity index (χ0n) is 24.7. The zero-order valence-corrected chi connectivity index (χ0v) is 25.6. The van der Waals surface area contributed by atoms with E-state index in [1.165, 1.54) is 64.2 Å². The Morgan fingerprint density at radius 2 is 1.36 bits per heavy atom. The van der Waals surface area contributed by atoms with Gasteiger partial charge in [0.25, 0.3) is 0 Å². The minimum absolute atomic E-state index is 0.176. The van der Waals surface area contributed by atoms with Crippen LogP contribution in [-0.2, 0) is 20.6 Å². The zero-order chi connectivity index (χ0) is 28.9. The van der Waals surface area contributed by atoms with E-state index in [4.69, 9.17) is 4.74 Å². The lowest BCUT2D eigenvalue weighted by Crippen LogP contribution is -2.43. The Morgan fingerprint density at radius 3 is 1.85 bits per heavy atom. The van der Waals surface area contributed by atoms with Crippen molar-refractivity contribution in [3.63, 3.8) is 0 Å². The molecule has 8 heteroatoms. The molecule has 0 fully saturated rings. The van der Waals surface area contributed by atoms with Gasteiger partial charge in [-0.25, -0.2) is 0 Å². The summed E-state index contributed by atoms with van der Waals surface area (Å²) in [6.07, 6.45) is 16.4. The van der Waals surface area contributed by atoms with Gasteiger partial charge in [0.1, 0.15) is 11.9 Å². The Kier molecular flexibility index (Phi) is 19.1. The number of ether oxygens (including phenoxy) is 1. The molecule has 7 nitrogen and oxygen atoms in total. The van der Waals surface area contributed by atoms with Crippen molar-refractivity contribution in [2.75, 3.05) is 12.8 Å². The fourth-order valence-corrected chi connectivity index (χ4v) is 5.12. The summed E-state index contributed by atoms with van der Waals surface area (Å²) in [5.74, 6) is 0.368. The molecule has 224 valence electrons. The monoisotopic (exact) mass is 567 g/mol. The first-order chi connectivity index (χ1) is 18.6. The standard InChI is InChI=1S/C31H54NO6P/c1-4-5-6-7-8-9-10-11-12-13-14-15-16-17-31(34)32-29(30(33)25-39(35,36)37)24-27-18-20-28(21-19-27)38-23-22-26(2)3/h18-21,26,29H,4-17,22-25H2,1-3H3,(H,32,34)(H2,35,36,37)/t29-/m1/s1. The van der Waals surface area contributed by atoms with Crippen LogP contribution in [0.15, 0.2) is 24.3 Å². The molecule has 1 amide bonds. The number of hydrogen-bond donors (Lipinski definition) is 3. The van der Waals surface area contributed by atoms with Crippen LogP contribution in [0.5, 0.6) is 5.75 Å². The lowest BCUT2D eigenvalue weighted by molar-refractivity contribution is -0.126. The smallest absolute Gasteiger partial charge is 0.333 e. The summed E-state index contributed by atoms with van der Waals surface area (Å²) < 4.78 is 17.2. The van der Waals surface area contributed by atoms with Crippen molar-refractivity contribution < 1.29 is 28.7 Å². The van der Waals surface area contributed by atoms with Crippen molar-refractivity contribution in [3.8, 4) is 5.75 Å². The van der Waals surface area contributed by atoms with Gasteiger partial charge in [0.2, 0.25) is 5.91 Å². The molecule has 0 unspecified atom stereocenters. The number of amides is 1. The molecule has 1 atom stereocenters. The number of unbranched alkanes of at least 4 members (excludes halogenated alkanes) is 12. The van der Waals surface area contributed by atoms with E-state index < -0.39 is 25.6 Å². The van der Waals surface area contributed by atoms with Crippen LogP contribution in [0.3, 0.4) is 0 Å². The van der Waals surface area contributed by atoms with Crippen LogP contribution in [0, 0.1) is 5.92 Å². The maximum absolute atomic E-state index is 12.6. The molecule has 0 aliphatic rings. The molecule has 0 aliphatic heterocycles. The summed E-state index contributed by atoms with van der Waals surface area (Å²) in [6, 6.07) is 6.30. The second-order valence-electron chi connectivity index (χ2n) is 11.3. The van der Waals surface area contributed by atoms with Crippen LogP contribution < -0.4 is 10.1 Å². The predicted molar refractivity (Wildman–Crippen MR) is 159 cm³/mol. The fraction of sp³-hybridized carbons (Fsp3) is 0.742. The minimum Gasteiger partial charge on any atom is -0.494 e. The molecule has 0 aromatic heterocycles. The molecular formula is C31H54NO6P. The quantitative estimate of drug-likeness (QED) is 0.0888. The molecule has 1 aromatic carbocycles. The van der Waals surface area contributed by atoms with Crippen molar-refractivity contribution in [2.24, 2.45) is 5.92 Å². The van der Waals surface area contributed by atoms with Crippen LogP contribution >= 0.6 is 7.60 Å². The summed E-state index contributed by atoms with van der Waals surface area (Å²) in [5.41, 5.74) is 0.788. The lowest BCUT2D eigenvalue weighted by atomic mass is 10.0. The van der Waals surface area contributed by atoms with E-state index in [1.807, 2.05) is 24.3 Å². The maximum Gasteiger partial charge on any atom is 0.333 e. The van der Waals surface area contributed by atoms with Gasteiger partial charge in [-0.05, 0) is 42.9 Å². The molecule has 0 radical (unpaired) electrons. The molecule has 0 saturated carbocycles. The molecule has 0 bridgehead atoms. The van der Waals surface area contributed by atoms with Gasteiger partial charge in [0.15, 0.2) is 5.78 Å². The van der Waals surface area contributed by atoms with Crippen molar-refractivity contribution >= 4 is 19.3 Å². The molecule has 1 aromatic rings. The van der Waals surface area contributed by atoms with Crippen LogP contribution in [0.2, 0.25) is 0 Å². The van der Waals surface area contributed by atoms with Gasteiger partial charge in [-0.2, -0.15) is 0 Å². The van der Waals surface area contributed by atoms with Crippen molar-refractivity contribution in [2.45, 2.75) is 130 Å². The van der Waals surface area contributed by atoms with Gasteiger partial charge in [-0.3, -0.25) is 14.2 Å². The highest BCUT2D eigenvalue weighted by molar-refractivity contribution is 7.52. The van der Waals surface area contributed by atoms with E-state index in [-0.39, 0.29) is 12.3 Å². The van der Waals surface area contributed by atoms with Gasteiger partial charge in [0.05, 0.1) is 12.6 Å². The average molecular weight is 568 g/mol. The molecular weight excluding hydrogens is 513 g/mol. The first kappa shape index (κ1) is 35.3. The Bertz CT molecular complexity index is 836. The summed E-state index contributed by atoms with van der Waals surface area (Å²) in [7, 11) is -4.52. The molecule has 0 heterocycles. The van der Waals surface area contributed by atoms with Gasteiger partial charge >= 0.3 is 7.60 Å². The Hall–Kier alpha value is -1.69.